The summed E-state index contributed by atoms with van der Waals surface area (Å²) in [6.45, 7) is 2.80. The largest absolute Gasteiger partial charge is 2.00 e. The van der Waals surface area contributed by atoms with Crippen LogP contribution in [0.5, 0.6) is 0 Å². The molecule has 2 atom stereocenters. The maximum Gasteiger partial charge on any atom is 2.00 e. The molecule has 0 aromatic rings. The van der Waals surface area contributed by atoms with Crippen molar-refractivity contribution in [2.24, 2.45) is 11.8 Å². The molecule has 0 heterocycles. The molecule has 0 aliphatic heterocycles. The zero-order valence-corrected chi connectivity index (χ0v) is 20.1. The molecule has 0 aromatic heterocycles. The molecule has 0 aromatic carbocycles. The summed E-state index contributed by atoms with van der Waals surface area (Å²) in [5, 5.41) is 39.6. The van der Waals surface area contributed by atoms with Gasteiger partial charge in [0.05, 0.1) is 0 Å². The molecule has 0 saturated carbocycles. The average molecular weight is 482 g/mol. The van der Waals surface area contributed by atoms with Gasteiger partial charge in [-0.1, -0.05) is 13.8 Å². The number of carboxylic acids is 4. The zero-order chi connectivity index (χ0) is 16.3. The van der Waals surface area contributed by atoms with Crippen LogP contribution in [0.15, 0.2) is 0 Å². The summed E-state index contributed by atoms with van der Waals surface area (Å²) in [6.07, 6.45) is -0.306. The molecule has 124 valence electrons. The number of carbonyl (C=O) groups excluding carboxylic acids is 4. The number of hydrogen-bond donors (Lipinski definition) is 0. The molecule has 0 rings (SSSR count). The first-order chi connectivity index (χ1) is 9.07. The Morgan fingerprint density at radius 1 is 0.696 bits per heavy atom. The van der Waals surface area contributed by atoms with E-state index in [1.807, 2.05) is 0 Å². The van der Waals surface area contributed by atoms with Crippen LogP contribution in [0.3, 0.4) is 0 Å². The van der Waals surface area contributed by atoms with E-state index in [-0.39, 0.29) is 122 Å². The van der Waals surface area contributed by atoms with Gasteiger partial charge in [-0.25, -0.2) is 0 Å². The Hall–Kier alpha value is 0.801. The van der Waals surface area contributed by atoms with Crippen molar-refractivity contribution in [1.82, 2.24) is 0 Å². The van der Waals surface area contributed by atoms with Gasteiger partial charge >= 0.3 is 91.0 Å². The third-order valence-corrected chi connectivity index (χ3v) is 2.37. The monoisotopic (exact) mass is 482 g/mol. The Balaban J connectivity index is -0.0000000831. The van der Waals surface area contributed by atoms with Crippen molar-refractivity contribution in [3.63, 3.8) is 0 Å². The number of carboxylic acid groups (broad SMARTS) is 4. The number of aliphatic carboxylic acids is 4. The van der Waals surface area contributed by atoms with Gasteiger partial charge in [-0.15, -0.1) is 0 Å². The van der Waals surface area contributed by atoms with Crippen LogP contribution < -0.4 is 20.4 Å². The zero-order valence-electron chi connectivity index (χ0n) is 13.2. The molecule has 2 unspecified atom stereocenters. The Labute approximate surface area is 208 Å². The van der Waals surface area contributed by atoms with Crippen molar-refractivity contribution in [2.45, 2.75) is 39.5 Å². The molecule has 9 nitrogen and oxygen atoms in total. The predicted octanol–water partition coefficient (Wildman–Crippen LogP) is -5.78. The van der Waals surface area contributed by atoms with E-state index < -0.39 is 35.7 Å². The van der Waals surface area contributed by atoms with E-state index in [0.29, 0.717) is 0 Å². The third kappa shape index (κ3) is 27.9. The van der Waals surface area contributed by atoms with E-state index in [2.05, 4.69) is 0 Å². The fourth-order valence-corrected chi connectivity index (χ4v) is 0.904. The molecule has 0 spiro atoms. The minimum atomic E-state index is -1.23. The van der Waals surface area contributed by atoms with Crippen molar-refractivity contribution in [3.8, 4) is 0 Å². The standard InChI is InChI=1S/2C6H10O4.H2O.2Sr/c2*1-4(6(9)10)2-3-5(7)8;;;/h2*4H,2-3H2,1H3,(H,7,8)(H,9,10);1H2;;/q;;;2*+2/p-4. The van der Waals surface area contributed by atoms with Gasteiger partial charge in [0.1, 0.15) is 0 Å². The molecule has 0 amide bonds. The minimum absolute atomic E-state index is 0. The molecule has 0 aliphatic carbocycles. The van der Waals surface area contributed by atoms with Crippen LogP contribution in [0.4, 0.5) is 0 Å². The van der Waals surface area contributed by atoms with Gasteiger partial charge in [-0.3, -0.25) is 0 Å². The summed E-state index contributed by atoms with van der Waals surface area (Å²) in [5.41, 5.74) is 0. The first-order valence-corrected chi connectivity index (χ1v) is 5.89. The van der Waals surface area contributed by atoms with E-state index in [0.717, 1.165) is 0 Å². The fourth-order valence-electron chi connectivity index (χ4n) is 0.904. The SMILES string of the molecule is CC(CCC(=O)[O-])C(=O)[O-].CC(CCC(=O)[O-])C(=O)[O-].O.[Sr+2].[Sr+2]. The predicted molar refractivity (Wildman–Crippen MR) is 71.9 cm³/mol. The molecule has 0 aliphatic rings. The van der Waals surface area contributed by atoms with Crippen LogP contribution in [0.2, 0.25) is 0 Å². The van der Waals surface area contributed by atoms with Crippen molar-refractivity contribution in [2.75, 3.05) is 0 Å². The van der Waals surface area contributed by atoms with Crippen LogP contribution in [0, 0.1) is 11.8 Å². The second-order valence-corrected chi connectivity index (χ2v) is 4.26. The summed E-state index contributed by atoms with van der Waals surface area (Å²) in [4.78, 5) is 39.6. The van der Waals surface area contributed by atoms with Crippen LogP contribution in [0.25, 0.3) is 0 Å². The normalized spacial score (nSPS) is 10.9. The van der Waals surface area contributed by atoms with Gasteiger partial charge in [0.2, 0.25) is 0 Å². The first-order valence-electron chi connectivity index (χ1n) is 5.89. The van der Waals surface area contributed by atoms with E-state index in [9.17, 15) is 39.6 Å². The number of carbonyl (C=O) groups is 4. The second kappa shape index (κ2) is 20.8. The summed E-state index contributed by atoms with van der Waals surface area (Å²) in [6, 6.07) is 0. The van der Waals surface area contributed by atoms with Crippen LogP contribution >= 0.6 is 0 Å². The van der Waals surface area contributed by atoms with Crippen LogP contribution in [0.1, 0.15) is 39.5 Å². The van der Waals surface area contributed by atoms with Gasteiger partial charge < -0.3 is 45.1 Å². The van der Waals surface area contributed by atoms with Gasteiger partial charge in [0.15, 0.2) is 0 Å². The van der Waals surface area contributed by atoms with Crippen molar-refractivity contribution in [3.05, 3.63) is 0 Å². The molecular weight excluding hydrogens is 463 g/mol. The summed E-state index contributed by atoms with van der Waals surface area (Å²) < 4.78 is 0. The van der Waals surface area contributed by atoms with Gasteiger partial charge in [0.25, 0.3) is 0 Å². The Morgan fingerprint density at radius 3 is 1.04 bits per heavy atom. The molecule has 0 saturated heterocycles. The Bertz CT molecular complexity index is 326. The number of rotatable bonds is 8. The first kappa shape index (κ1) is 35.0. The summed E-state index contributed by atoms with van der Waals surface area (Å²) >= 11 is 0. The van der Waals surface area contributed by atoms with E-state index in [4.69, 9.17) is 0 Å². The molecule has 0 fully saturated rings. The number of hydrogen-bond acceptors (Lipinski definition) is 8. The van der Waals surface area contributed by atoms with Gasteiger partial charge in [-0.2, -0.15) is 0 Å². The molecular formula is C12H18O9Sr2. The van der Waals surface area contributed by atoms with E-state index >= 15 is 0 Å². The van der Waals surface area contributed by atoms with E-state index in [1.54, 1.807) is 0 Å². The van der Waals surface area contributed by atoms with Crippen LogP contribution in [-0.2, 0) is 19.2 Å². The molecule has 11 heteroatoms. The van der Waals surface area contributed by atoms with Crippen molar-refractivity contribution in [1.29, 1.82) is 0 Å². The van der Waals surface area contributed by atoms with Crippen molar-refractivity contribution < 1.29 is 45.1 Å². The smallest absolute Gasteiger partial charge is 0.550 e. The van der Waals surface area contributed by atoms with E-state index in [1.165, 1.54) is 13.8 Å². The Morgan fingerprint density at radius 2 is 0.913 bits per heavy atom. The second-order valence-electron chi connectivity index (χ2n) is 4.26. The van der Waals surface area contributed by atoms with Crippen molar-refractivity contribution >= 4 is 115 Å². The van der Waals surface area contributed by atoms with Crippen LogP contribution in [-0.4, -0.2) is 120 Å². The summed E-state index contributed by atoms with van der Waals surface area (Å²) in [5.74, 6) is -6.32. The van der Waals surface area contributed by atoms with Gasteiger partial charge in [0, 0.05) is 23.9 Å². The minimum Gasteiger partial charge on any atom is -0.550 e. The molecule has 0 radical (unpaired) electrons. The fraction of sp³-hybridized carbons (Fsp3) is 0.667. The Kier molecular flexibility index (Phi) is 31.7. The van der Waals surface area contributed by atoms with Gasteiger partial charge in [-0.05, 0) is 37.5 Å². The quantitative estimate of drug-likeness (QED) is 0.306. The average Bonchev–Trinajstić information content (AvgIpc) is 2.33. The molecule has 0 bridgehead atoms. The maximum atomic E-state index is 9.99. The third-order valence-electron chi connectivity index (χ3n) is 2.37. The molecule has 2 N–H and O–H groups in total. The molecule has 23 heavy (non-hydrogen) atoms. The maximum absolute atomic E-state index is 9.99. The summed E-state index contributed by atoms with van der Waals surface area (Å²) in [7, 11) is 0. The topological polar surface area (TPSA) is 192 Å².